The molecule has 34 heavy (non-hydrogen) atoms. The van der Waals surface area contributed by atoms with E-state index < -0.39 is 0 Å². The molecular formula is C24H28O10. The fraction of sp³-hybridized carbons (Fsp3) is 0.375. The van der Waals surface area contributed by atoms with E-state index in [2.05, 4.69) is 0 Å². The molecule has 1 heterocycles. The minimum Gasteiger partial charge on any atom is -0.504 e. The van der Waals surface area contributed by atoms with Gasteiger partial charge in [0.1, 0.15) is 22.8 Å². The fourth-order valence-corrected chi connectivity index (χ4v) is 3.00. The molecular weight excluding hydrogens is 448 g/mol. The van der Waals surface area contributed by atoms with E-state index in [0.29, 0.717) is 37.7 Å². The molecule has 1 aliphatic rings. The summed E-state index contributed by atoms with van der Waals surface area (Å²) in [4.78, 5) is 13.1. The Hall–Kier alpha value is -3.31. The van der Waals surface area contributed by atoms with Crippen molar-refractivity contribution in [2.45, 2.75) is 0 Å². The molecule has 1 N–H and O–H groups in total. The molecule has 1 aliphatic heterocycles. The van der Waals surface area contributed by atoms with Crippen molar-refractivity contribution in [2.24, 2.45) is 0 Å². The Morgan fingerprint density at radius 1 is 0.882 bits per heavy atom. The minimum atomic E-state index is -0.364. The summed E-state index contributed by atoms with van der Waals surface area (Å²) in [6.07, 6.45) is 1.55. The van der Waals surface area contributed by atoms with E-state index in [9.17, 15) is 9.90 Å². The van der Waals surface area contributed by atoms with Gasteiger partial charge in [-0.15, -0.1) is 0 Å². The standard InChI is InChI=1S/C24H28O10/c1-27-6-8-30-14-32-17-12-20(33-15-31-9-7-28-2)23-21(13-17)34-22(24(23)26)11-16-4-5-18(25)19(10-16)29-3/h4-5,10-13,25H,6-9,14-15H2,1-3H3/b22-11-. The summed E-state index contributed by atoms with van der Waals surface area (Å²) in [6, 6.07) is 7.86. The number of carbonyl (C=O) groups is 1. The lowest BCUT2D eigenvalue weighted by atomic mass is 10.1. The molecule has 0 unspecified atom stereocenters. The topological polar surface area (TPSA) is 111 Å². The maximum Gasteiger partial charge on any atom is 0.235 e. The summed E-state index contributed by atoms with van der Waals surface area (Å²) in [7, 11) is 4.59. The van der Waals surface area contributed by atoms with Crippen molar-refractivity contribution in [2.75, 3.05) is 61.3 Å². The quantitative estimate of drug-likeness (QED) is 0.248. The van der Waals surface area contributed by atoms with Gasteiger partial charge in [-0.3, -0.25) is 4.79 Å². The first-order valence-corrected chi connectivity index (χ1v) is 10.5. The number of hydrogen-bond donors (Lipinski definition) is 1. The molecule has 0 bridgehead atoms. The molecule has 10 heteroatoms. The van der Waals surface area contributed by atoms with Crippen molar-refractivity contribution >= 4 is 11.9 Å². The monoisotopic (exact) mass is 476 g/mol. The molecule has 0 fully saturated rings. The van der Waals surface area contributed by atoms with Gasteiger partial charge >= 0.3 is 0 Å². The molecule has 0 spiro atoms. The van der Waals surface area contributed by atoms with Crippen LogP contribution in [0.3, 0.4) is 0 Å². The lowest BCUT2D eigenvalue weighted by Crippen LogP contribution is -2.10. The third kappa shape index (κ3) is 6.61. The predicted molar refractivity (Wildman–Crippen MR) is 121 cm³/mol. The number of ketones is 1. The minimum absolute atomic E-state index is 0.00901. The Balaban J connectivity index is 1.81. The molecule has 2 aromatic rings. The fourth-order valence-electron chi connectivity index (χ4n) is 3.00. The number of phenolic OH excluding ortho intramolecular Hbond substituents is 1. The van der Waals surface area contributed by atoms with Crippen LogP contribution in [0.2, 0.25) is 0 Å². The van der Waals surface area contributed by atoms with Gasteiger partial charge in [-0.2, -0.15) is 0 Å². The van der Waals surface area contributed by atoms with Gasteiger partial charge in [0.05, 0.1) is 33.5 Å². The van der Waals surface area contributed by atoms with Gasteiger partial charge in [0.2, 0.25) is 5.78 Å². The molecule has 0 aliphatic carbocycles. The van der Waals surface area contributed by atoms with Crippen LogP contribution in [0.4, 0.5) is 0 Å². The van der Waals surface area contributed by atoms with E-state index in [-0.39, 0.29) is 53.7 Å². The molecule has 0 amide bonds. The molecule has 0 radical (unpaired) electrons. The van der Waals surface area contributed by atoms with Gasteiger partial charge in [0, 0.05) is 26.4 Å². The molecule has 0 saturated carbocycles. The van der Waals surface area contributed by atoms with E-state index in [0.717, 1.165) is 0 Å². The Morgan fingerprint density at radius 3 is 2.26 bits per heavy atom. The molecule has 10 nitrogen and oxygen atoms in total. The average Bonchev–Trinajstić information content (AvgIpc) is 3.15. The van der Waals surface area contributed by atoms with Gasteiger partial charge in [-0.25, -0.2) is 0 Å². The van der Waals surface area contributed by atoms with Gasteiger partial charge < -0.3 is 43.0 Å². The van der Waals surface area contributed by atoms with E-state index in [1.54, 1.807) is 44.6 Å². The highest BCUT2D eigenvalue weighted by Gasteiger charge is 2.32. The third-order valence-corrected chi connectivity index (χ3v) is 4.68. The van der Waals surface area contributed by atoms with Gasteiger partial charge in [0.25, 0.3) is 0 Å². The first-order chi connectivity index (χ1) is 16.6. The Morgan fingerprint density at radius 2 is 1.59 bits per heavy atom. The number of carbonyl (C=O) groups excluding carboxylic acids is 1. The third-order valence-electron chi connectivity index (χ3n) is 4.68. The average molecular weight is 476 g/mol. The number of benzene rings is 2. The molecule has 3 rings (SSSR count). The maximum atomic E-state index is 13.1. The summed E-state index contributed by atoms with van der Waals surface area (Å²) < 4.78 is 42.8. The zero-order valence-electron chi connectivity index (χ0n) is 19.3. The van der Waals surface area contributed by atoms with Crippen molar-refractivity contribution in [3.63, 3.8) is 0 Å². The van der Waals surface area contributed by atoms with E-state index in [4.69, 9.17) is 37.9 Å². The Labute approximate surface area is 197 Å². The largest absolute Gasteiger partial charge is 0.504 e. The number of phenols is 1. The lowest BCUT2D eigenvalue weighted by Gasteiger charge is -2.12. The van der Waals surface area contributed by atoms with Gasteiger partial charge in [-0.1, -0.05) is 6.07 Å². The van der Waals surface area contributed by atoms with Crippen molar-refractivity contribution in [3.8, 4) is 28.7 Å². The van der Waals surface area contributed by atoms with Gasteiger partial charge in [0.15, 0.2) is 30.8 Å². The van der Waals surface area contributed by atoms with E-state index in [1.807, 2.05) is 0 Å². The number of methoxy groups -OCH3 is 3. The van der Waals surface area contributed by atoms with E-state index >= 15 is 0 Å². The maximum absolute atomic E-state index is 13.1. The number of rotatable bonds is 14. The van der Waals surface area contributed by atoms with Crippen molar-refractivity contribution in [1.29, 1.82) is 0 Å². The zero-order chi connectivity index (χ0) is 24.3. The Bertz CT molecular complexity index is 1000. The van der Waals surface area contributed by atoms with Crippen molar-refractivity contribution in [1.82, 2.24) is 0 Å². The second-order valence-electron chi connectivity index (χ2n) is 6.99. The number of fused-ring (bicyclic) bond motifs is 1. The van der Waals surface area contributed by atoms with Crippen LogP contribution in [0.1, 0.15) is 15.9 Å². The van der Waals surface area contributed by atoms with Crippen LogP contribution in [-0.2, 0) is 18.9 Å². The van der Waals surface area contributed by atoms with Crippen molar-refractivity contribution < 1.29 is 47.8 Å². The SMILES string of the molecule is COCCOCOc1cc(OCOCCOC)c2c(c1)O/C(=C\c1ccc(O)c(OC)c1)C2=O. The molecule has 184 valence electrons. The first-order valence-electron chi connectivity index (χ1n) is 10.5. The molecule has 2 aromatic carbocycles. The summed E-state index contributed by atoms with van der Waals surface area (Å²) in [5.41, 5.74) is 0.860. The van der Waals surface area contributed by atoms with Crippen LogP contribution >= 0.6 is 0 Å². The Kier molecular flexibility index (Phi) is 9.53. The van der Waals surface area contributed by atoms with Crippen LogP contribution in [0, 0.1) is 0 Å². The smallest absolute Gasteiger partial charge is 0.235 e. The first kappa shape index (κ1) is 25.3. The number of ether oxygens (including phenoxy) is 8. The number of aromatic hydroxyl groups is 1. The molecule has 0 aromatic heterocycles. The highest BCUT2D eigenvalue weighted by molar-refractivity contribution is 6.16. The summed E-state index contributed by atoms with van der Waals surface area (Å²) in [5.74, 6) is 0.910. The summed E-state index contributed by atoms with van der Waals surface area (Å²) in [6.45, 7) is 1.44. The normalized spacial score (nSPS) is 13.6. The second-order valence-corrected chi connectivity index (χ2v) is 6.99. The number of allylic oxidation sites excluding steroid dienone is 1. The van der Waals surface area contributed by atoms with E-state index in [1.165, 1.54) is 13.2 Å². The molecule has 0 saturated heterocycles. The van der Waals surface area contributed by atoms with Crippen LogP contribution in [-0.4, -0.2) is 72.2 Å². The van der Waals surface area contributed by atoms with Crippen molar-refractivity contribution in [3.05, 3.63) is 47.2 Å². The number of Topliss-reactive ketones (excluding diaryl/α,β-unsaturated/α-hetero) is 1. The number of hydrogen-bond acceptors (Lipinski definition) is 10. The highest BCUT2D eigenvalue weighted by Crippen LogP contribution is 2.42. The zero-order valence-corrected chi connectivity index (χ0v) is 19.3. The van der Waals surface area contributed by atoms with Gasteiger partial charge in [-0.05, 0) is 23.8 Å². The summed E-state index contributed by atoms with van der Waals surface area (Å²) in [5, 5.41) is 9.80. The van der Waals surface area contributed by atoms with Crippen LogP contribution < -0.4 is 18.9 Å². The van der Waals surface area contributed by atoms with Crippen LogP contribution in [0.15, 0.2) is 36.1 Å². The summed E-state index contributed by atoms with van der Waals surface area (Å²) >= 11 is 0. The lowest BCUT2D eigenvalue weighted by molar-refractivity contribution is -0.0118. The predicted octanol–water partition coefficient (Wildman–Crippen LogP) is 3.02. The van der Waals surface area contributed by atoms with Crippen LogP contribution in [0.5, 0.6) is 28.7 Å². The molecule has 0 atom stereocenters. The van der Waals surface area contributed by atoms with Crippen LogP contribution in [0.25, 0.3) is 6.08 Å². The highest BCUT2D eigenvalue weighted by atomic mass is 16.7. The second kappa shape index (κ2) is 12.8.